The Balaban J connectivity index is 1.49. The third-order valence-corrected chi connectivity index (χ3v) is 7.37. The standard InChI is InChI=1S/C26H31N5O2S/c1-18-9-6-7-13-23(18)31-25(21-12-8-14-27-16-21)29-30-26(31)34-17-24(33)28-22(19(2)32)15-20-10-4-3-5-11-20/h3-5,8,10-12,14,16,18,22-23H,6-7,9,13,15,17H2,1-2H3,(H,28,33)/t18-,22+,23+/m1/s1. The molecule has 1 aromatic carbocycles. The van der Waals surface area contributed by atoms with Gasteiger partial charge in [-0.1, -0.05) is 61.9 Å². The van der Waals surface area contributed by atoms with Crippen molar-refractivity contribution in [2.24, 2.45) is 5.92 Å². The van der Waals surface area contributed by atoms with E-state index in [1.54, 1.807) is 12.4 Å². The van der Waals surface area contributed by atoms with E-state index in [9.17, 15) is 9.59 Å². The Morgan fingerprint density at radius 3 is 2.62 bits per heavy atom. The lowest BCUT2D eigenvalue weighted by Crippen LogP contribution is -2.42. The van der Waals surface area contributed by atoms with Crippen LogP contribution in [0.4, 0.5) is 0 Å². The molecule has 34 heavy (non-hydrogen) atoms. The number of hydrogen-bond acceptors (Lipinski definition) is 6. The van der Waals surface area contributed by atoms with E-state index in [2.05, 4.69) is 32.0 Å². The quantitative estimate of drug-likeness (QED) is 0.457. The number of hydrogen-bond donors (Lipinski definition) is 1. The van der Waals surface area contributed by atoms with Crippen LogP contribution in [0.3, 0.4) is 0 Å². The van der Waals surface area contributed by atoms with Gasteiger partial charge in [0.1, 0.15) is 0 Å². The van der Waals surface area contributed by atoms with Gasteiger partial charge in [0.15, 0.2) is 16.8 Å². The van der Waals surface area contributed by atoms with Gasteiger partial charge in [0, 0.05) is 24.0 Å². The van der Waals surface area contributed by atoms with E-state index in [1.807, 2.05) is 42.5 Å². The molecule has 0 aliphatic heterocycles. The van der Waals surface area contributed by atoms with Gasteiger partial charge in [-0.2, -0.15) is 0 Å². The van der Waals surface area contributed by atoms with E-state index in [-0.39, 0.29) is 23.5 Å². The third kappa shape index (κ3) is 5.91. The Bertz CT molecular complexity index is 1100. The molecule has 4 rings (SSSR count). The number of Topliss-reactive ketones (excluding diaryl/α,β-unsaturated/α-hetero) is 1. The average Bonchev–Trinajstić information content (AvgIpc) is 3.27. The van der Waals surface area contributed by atoms with Crippen LogP contribution in [0.2, 0.25) is 0 Å². The molecule has 1 N–H and O–H groups in total. The molecule has 1 fully saturated rings. The Kier molecular flexibility index (Phi) is 8.11. The van der Waals surface area contributed by atoms with Crippen molar-refractivity contribution in [1.82, 2.24) is 25.1 Å². The summed E-state index contributed by atoms with van der Waals surface area (Å²) < 4.78 is 2.20. The van der Waals surface area contributed by atoms with Gasteiger partial charge in [0.25, 0.3) is 0 Å². The maximum Gasteiger partial charge on any atom is 0.231 e. The first-order valence-electron chi connectivity index (χ1n) is 11.8. The molecule has 0 saturated heterocycles. The molecule has 2 heterocycles. The molecule has 1 aliphatic carbocycles. The highest BCUT2D eigenvalue weighted by atomic mass is 32.2. The molecule has 3 aromatic rings. The summed E-state index contributed by atoms with van der Waals surface area (Å²) in [5, 5.41) is 12.6. The number of nitrogens with zero attached hydrogens (tertiary/aromatic N) is 4. The van der Waals surface area contributed by atoms with Gasteiger partial charge in [0.05, 0.1) is 11.8 Å². The minimum absolute atomic E-state index is 0.0553. The average molecular weight is 478 g/mol. The summed E-state index contributed by atoms with van der Waals surface area (Å²) in [6.45, 7) is 3.79. The van der Waals surface area contributed by atoms with Crippen LogP contribution in [-0.2, 0) is 16.0 Å². The Morgan fingerprint density at radius 2 is 1.91 bits per heavy atom. The Labute approximate surface area is 204 Å². The van der Waals surface area contributed by atoms with Crippen molar-refractivity contribution < 1.29 is 9.59 Å². The second-order valence-electron chi connectivity index (χ2n) is 8.96. The van der Waals surface area contributed by atoms with E-state index in [0.29, 0.717) is 12.3 Å². The van der Waals surface area contributed by atoms with Crippen LogP contribution in [-0.4, -0.2) is 43.2 Å². The molecule has 8 heteroatoms. The molecule has 0 bridgehead atoms. The van der Waals surface area contributed by atoms with Crippen LogP contribution in [0.25, 0.3) is 11.4 Å². The third-order valence-electron chi connectivity index (χ3n) is 6.42. The van der Waals surface area contributed by atoms with Gasteiger partial charge in [-0.25, -0.2) is 0 Å². The van der Waals surface area contributed by atoms with Gasteiger partial charge >= 0.3 is 0 Å². The highest BCUT2D eigenvalue weighted by Crippen LogP contribution is 2.38. The molecule has 178 valence electrons. The van der Waals surface area contributed by atoms with E-state index in [0.717, 1.165) is 28.5 Å². The number of carbonyl (C=O) groups excluding carboxylic acids is 2. The lowest BCUT2D eigenvalue weighted by Gasteiger charge is -2.31. The molecule has 1 aliphatic rings. The normalized spacial score (nSPS) is 18.9. The summed E-state index contributed by atoms with van der Waals surface area (Å²) in [5.41, 5.74) is 1.94. The summed E-state index contributed by atoms with van der Waals surface area (Å²) in [4.78, 5) is 29.2. The number of carbonyl (C=O) groups is 2. The van der Waals surface area contributed by atoms with Crippen LogP contribution < -0.4 is 5.32 Å². The van der Waals surface area contributed by atoms with Gasteiger partial charge in [-0.05, 0) is 49.8 Å². The fourth-order valence-electron chi connectivity index (χ4n) is 4.56. The van der Waals surface area contributed by atoms with E-state index < -0.39 is 6.04 Å². The van der Waals surface area contributed by atoms with Crippen LogP contribution in [0.15, 0.2) is 60.0 Å². The minimum atomic E-state index is -0.544. The van der Waals surface area contributed by atoms with Crippen LogP contribution in [0.5, 0.6) is 0 Å². The number of aromatic nitrogens is 4. The first-order chi connectivity index (χ1) is 16.5. The molecule has 3 atom stereocenters. The van der Waals surface area contributed by atoms with Crippen molar-refractivity contribution in [1.29, 1.82) is 0 Å². The summed E-state index contributed by atoms with van der Waals surface area (Å²) in [7, 11) is 0. The van der Waals surface area contributed by atoms with Crippen molar-refractivity contribution >= 4 is 23.5 Å². The Morgan fingerprint density at radius 1 is 1.12 bits per heavy atom. The zero-order valence-electron chi connectivity index (χ0n) is 19.7. The van der Waals surface area contributed by atoms with Gasteiger partial charge in [-0.15, -0.1) is 10.2 Å². The molecule has 0 unspecified atom stereocenters. The van der Waals surface area contributed by atoms with Crippen molar-refractivity contribution in [3.05, 3.63) is 60.4 Å². The highest BCUT2D eigenvalue weighted by molar-refractivity contribution is 7.99. The fraction of sp³-hybridized carbons (Fsp3) is 0.423. The fourth-order valence-corrected chi connectivity index (χ4v) is 5.36. The number of pyridine rings is 1. The first-order valence-corrected chi connectivity index (χ1v) is 12.8. The van der Waals surface area contributed by atoms with Crippen molar-refractivity contribution in [2.45, 2.75) is 63.2 Å². The van der Waals surface area contributed by atoms with Crippen molar-refractivity contribution in [2.75, 3.05) is 5.75 Å². The molecule has 7 nitrogen and oxygen atoms in total. The lowest BCUT2D eigenvalue weighted by molar-refractivity contribution is -0.125. The SMILES string of the molecule is CC(=O)[C@H](Cc1ccccc1)NC(=O)CSc1nnc(-c2cccnc2)n1[C@H]1CCCC[C@H]1C. The molecule has 0 spiro atoms. The number of amides is 1. The topological polar surface area (TPSA) is 89.8 Å². The molecule has 2 aromatic heterocycles. The molecule has 1 amide bonds. The predicted octanol–water partition coefficient (Wildman–Crippen LogP) is 4.50. The number of rotatable bonds is 9. The van der Waals surface area contributed by atoms with E-state index in [4.69, 9.17) is 0 Å². The minimum Gasteiger partial charge on any atom is -0.345 e. The zero-order valence-corrected chi connectivity index (χ0v) is 20.5. The summed E-state index contributed by atoms with van der Waals surface area (Å²) in [6.07, 6.45) is 8.66. The maximum absolute atomic E-state index is 12.8. The van der Waals surface area contributed by atoms with Crippen molar-refractivity contribution in [3.8, 4) is 11.4 Å². The predicted molar refractivity (Wildman–Crippen MR) is 133 cm³/mol. The van der Waals surface area contributed by atoms with E-state index >= 15 is 0 Å². The molecular weight excluding hydrogens is 446 g/mol. The van der Waals surface area contributed by atoms with Crippen LogP contribution >= 0.6 is 11.8 Å². The first kappa shape index (κ1) is 24.1. The van der Waals surface area contributed by atoms with E-state index in [1.165, 1.54) is 37.9 Å². The second-order valence-corrected chi connectivity index (χ2v) is 9.90. The molecule has 1 saturated carbocycles. The monoisotopic (exact) mass is 477 g/mol. The largest absolute Gasteiger partial charge is 0.345 e. The zero-order chi connectivity index (χ0) is 23.9. The number of benzene rings is 1. The number of ketones is 1. The number of thioether (sulfide) groups is 1. The van der Waals surface area contributed by atoms with Gasteiger partial charge in [0.2, 0.25) is 5.91 Å². The Hall–Kier alpha value is -3.00. The van der Waals surface area contributed by atoms with Crippen LogP contribution in [0, 0.1) is 5.92 Å². The lowest BCUT2D eigenvalue weighted by atomic mass is 9.85. The highest BCUT2D eigenvalue weighted by Gasteiger charge is 2.29. The van der Waals surface area contributed by atoms with Crippen molar-refractivity contribution in [3.63, 3.8) is 0 Å². The molecule has 0 radical (unpaired) electrons. The number of nitrogens with one attached hydrogen (secondary N) is 1. The smallest absolute Gasteiger partial charge is 0.231 e. The van der Waals surface area contributed by atoms with Gasteiger partial charge in [-0.3, -0.25) is 19.1 Å². The van der Waals surface area contributed by atoms with Crippen LogP contribution in [0.1, 0.15) is 51.1 Å². The van der Waals surface area contributed by atoms with Gasteiger partial charge < -0.3 is 5.32 Å². The maximum atomic E-state index is 12.8. The summed E-state index contributed by atoms with van der Waals surface area (Å²) in [6, 6.07) is 13.4. The molecular formula is C26H31N5O2S. The summed E-state index contributed by atoms with van der Waals surface area (Å²) >= 11 is 1.37. The second kappa shape index (κ2) is 11.4. The summed E-state index contributed by atoms with van der Waals surface area (Å²) in [5.74, 6) is 1.22.